The van der Waals surface area contributed by atoms with E-state index in [1.165, 1.54) is 0 Å². The molecular formula is C17H20FO5S-. The molecule has 1 atom stereocenters. The second kappa shape index (κ2) is 7.03. The van der Waals surface area contributed by atoms with Gasteiger partial charge in [-0.2, -0.15) is 0 Å². The van der Waals surface area contributed by atoms with E-state index in [0.717, 1.165) is 0 Å². The largest absolute Gasteiger partial charge is 0.772 e. The van der Waals surface area contributed by atoms with Gasteiger partial charge in [-0.05, 0) is 50.5 Å². The van der Waals surface area contributed by atoms with Crippen molar-refractivity contribution in [3.8, 4) is 0 Å². The Balaban J connectivity index is 2.56. The van der Waals surface area contributed by atoms with Gasteiger partial charge in [0.1, 0.15) is 12.3 Å². The molecule has 132 valence electrons. The average molecular weight is 355 g/mol. The van der Waals surface area contributed by atoms with E-state index in [-0.39, 0.29) is 23.2 Å². The Morgan fingerprint density at radius 3 is 2.54 bits per heavy atom. The fraction of sp³-hybridized carbons (Fsp3) is 0.471. The Kier molecular flexibility index (Phi) is 5.45. The number of ether oxygens (including phenoxy) is 2. The topological polar surface area (TPSA) is 75.7 Å². The first-order valence-corrected chi connectivity index (χ1v) is 8.79. The molecule has 0 saturated carbocycles. The van der Waals surface area contributed by atoms with E-state index in [1.54, 1.807) is 45.9 Å². The number of carbonyl (C=O) groups is 1. The molecule has 1 aliphatic heterocycles. The summed E-state index contributed by atoms with van der Waals surface area (Å²) in [6, 6.07) is 4.76. The van der Waals surface area contributed by atoms with Gasteiger partial charge in [0.05, 0.1) is 11.7 Å². The summed E-state index contributed by atoms with van der Waals surface area (Å²) in [4.78, 5) is 12.1. The summed E-state index contributed by atoms with van der Waals surface area (Å²) in [7, 11) is 0. The van der Waals surface area contributed by atoms with Gasteiger partial charge in [0.15, 0.2) is 0 Å². The Labute approximate surface area is 143 Å². The first kappa shape index (κ1) is 18.6. The Morgan fingerprint density at radius 1 is 1.33 bits per heavy atom. The predicted octanol–water partition coefficient (Wildman–Crippen LogP) is 3.01. The SMILES string of the molecule is CC(C)OC1=C(c2ccc(CS(=O)[O-])c(CF)c2)C(C)(C)OC1=O. The maximum atomic E-state index is 13.3. The molecular weight excluding hydrogens is 335 g/mol. The van der Waals surface area contributed by atoms with Gasteiger partial charge in [-0.1, -0.05) is 23.2 Å². The number of cyclic esters (lactones) is 1. The van der Waals surface area contributed by atoms with E-state index in [4.69, 9.17) is 9.47 Å². The standard InChI is InChI=1S/C17H21FO5S/c1-10(2)22-15-14(17(3,4)23-16(15)19)11-5-6-12(9-24(20)21)13(7-11)8-18/h5-7,10H,8-9H2,1-4H3,(H,20,21)/p-1. The van der Waals surface area contributed by atoms with Crippen molar-refractivity contribution in [2.45, 2.75) is 51.8 Å². The second-order valence-corrected chi connectivity index (χ2v) is 7.23. The van der Waals surface area contributed by atoms with Crippen molar-refractivity contribution < 1.29 is 27.4 Å². The van der Waals surface area contributed by atoms with Crippen molar-refractivity contribution in [1.82, 2.24) is 0 Å². The molecule has 1 aromatic carbocycles. The van der Waals surface area contributed by atoms with Crippen molar-refractivity contribution in [3.05, 3.63) is 40.6 Å². The number of hydrogen-bond acceptors (Lipinski definition) is 5. The number of esters is 1. The van der Waals surface area contributed by atoms with E-state index in [9.17, 15) is 17.9 Å². The van der Waals surface area contributed by atoms with Crippen molar-refractivity contribution >= 4 is 22.6 Å². The Morgan fingerprint density at radius 2 is 2.00 bits per heavy atom. The van der Waals surface area contributed by atoms with Gasteiger partial charge < -0.3 is 14.0 Å². The highest BCUT2D eigenvalue weighted by Crippen LogP contribution is 2.41. The van der Waals surface area contributed by atoms with Crippen LogP contribution in [0.1, 0.15) is 44.4 Å². The molecule has 7 heteroatoms. The van der Waals surface area contributed by atoms with Gasteiger partial charge in [-0.15, -0.1) is 0 Å². The molecule has 2 rings (SSSR count). The number of benzene rings is 1. The quantitative estimate of drug-likeness (QED) is 0.579. The van der Waals surface area contributed by atoms with Crippen molar-refractivity contribution in [1.29, 1.82) is 0 Å². The van der Waals surface area contributed by atoms with Crippen LogP contribution < -0.4 is 0 Å². The molecule has 1 unspecified atom stereocenters. The molecule has 0 saturated heterocycles. The van der Waals surface area contributed by atoms with Crippen LogP contribution in [0.4, 0.5) is 4.39 Å². The van der Waals surface area contributed by atoms with E-state index in [0.29, 0.717) is 16.7 Å². The van der Waals surface area contributed by atoms with Crippen LogP contribution >= 0.6 is 0 Å². The molecule has 0 aliphatic carbocycles. The van der Waals surface area contributed by atoms with Crippen molar-refractivity contribution in [2.24, 2.45) is 0 Å². The summed E-state index contributed by atoms with van der Waals surface area (Å²) in [5.41, 5.74) is 0.852. The zero-order valence-corrected chi connectivity index (χ0v) is 14.9. The van der Waals surface area contributed by atoms with Crippen LogP contribution in [0.25, 0.3) is 5.57 Å². The fourth-order valence-electron chi connectivity index (χ4n) is 2.70. The minimum absolute atomic E-state index is 0.111. The maximum absolute atomic E-state index is 13.3. The third kappa shape index (κ3) is 3.84. The number of rotatable bonds is 6. The van der Waals surface area contributed by atoms with Gasteiger partial charge in [0.2, 0.25) is 5.76 Å². The summed E-state index contributed by atoms with van der Waals surface area (Å²) >= 11 is -2.30. The first-order chi connectivity index (χ1) is 11.2. The molecule has 0 fully saturated rings. The molecule has 0 N–H and O–H groups in total. The molecule has 1 aliphatic rings. The molecule has 1 aromatic rings. The zero-order valence-electron chi connectivity index (χ0n) is 14.1. The van der Waals surface area contributed by atoms with Crippen LogP contribution in [0, 0.1) is 0 Å². The monoisotopic (exact) mass is 355 g/mol. The maximum Gasteiger partial charge on any atom is 0.374 e. The number of alkyl halides is 1. The van der Waals surface area contributed by atoms with Gasteiger partial charge >= 0.3 is 5.97 Å². The fourth-order valence-corrected chi connectivity index (χ4v) is 3.24. The number of halogens is 1. The summed E-state index contributed by atoms with van der Waals surface area (Å²) in [6.07, 6.45) is -0.223. The van der Waals surface area contributed by atoms with E-state index >= 15 is 0 Å². The summed E-state index contributed by atoms with van der Waals surface area (Å²) in [6.45, 7) is 6.24. The lowest BCUT2D eigenvalue weighted by Crippen LogP contribution is -2.22. The molecule has 0 aromatic heterocycles. The van der Waals surface area contributed by atoms with Crippen LogP contribution in [0.2, 0.25) is 0 Å². The van der Waals surface area contributed by atoms with E-state index in [1.807, 2.05) is 0 Å². The lowest BCUT2D eigenvalue weighted by molar-refractivity contribution is -0.147. The molecule has 0 bridgehead atoms. The Bertz CT molecular complexity index is 709. The number of hydrogen-bond donors (Lipinski definition) is 0. The summed E-state index contributed by atoms with van der Waals surface area (Å²) in [5, 5.41) is 0. The Hall–Kier alpha value is -1.73. The highest BCUT2D eigenvalue weighted by Gasteiger charge is 2.43. The summed E-state index contributed by atoms with van der Waals surface area (Å²) < 4.78 is 46.1. The van der Waals surface area contributed by atoms with E-state index < -0.39 is 29.3 Å². The highest BCUT2D eigenvalue weighted by atomic mass is 32.2. The molecule has 24 heavy (non-hydrogen) atoms. The van der Waals surface area contributed by atoms with Gasteiger partial charge in [-0.25, -0.2) is 9.18 Å². The second-order valence-electron chi connectivity index (χ2n) is 6.34. The van der Waals surface area contributed by atoms with Crippen LogP contribution in [0.15, 0.2) is 24.0 Å². The minimum Gasteiger partial charge on any atom is -0.772 e. The highest BCUT2D eigenvalue weighted by molar-refractivity contribution is 7.78. The lowest BCUT2D eigenvalue weighted by atomic mass is 9.90. The van der Waals surface area contributed by atoms with E-state index in [2.05, 4.69) is 0 Å². The van der Waals surface area contributed by atoms with Crippen molar-refractivity contribution in [2.75, 3.05) is 0 Å². The van der Waals surface area contributed by atoms with Crippen LogP contribution in [0.3, 0.4) is 0 Å². The van der Waals surface area contributed by atoms with Crippen molar-refractivity contribution in [3.63, 3.8) is 0 Å². The van der Waals surface area contributed by atoms with Gasteiger partial charge in [0.25, 0.3) is 0 Å². The normalized spacial score (nSPS) is 18.0. The molecule has 5 nitrogen and oxygen atoms in total. The molecule has 0 spiro atoms. The molecule has 0 amide bonds. The zero-order chi connectivity index (χ0) is 18.1. The summed E-state index contributed by atoms with van der Waals surface area (Å²) in [5.74, 6) is -0.706. The average Bonchev–Trinajstić information content (AvgIpc) is 2.67. The molecule has 0 radical (unpaired) electrons. The minimum atomic E-state index is -2.30. The predicted molar refractivity (Wildman–Crippen MR) is 87.2 cm³/mol. The number of carbonyl (C=O) groups excluding carboxylic acids is 1. The van der Waals surface area contributed by atoms with Gasteiger partial charge in [-0.3, -0.25) is 4.21 Å². The first-order valence-electron chi connectivity index (χ1n) is 7.54. The molecule has 1 heterocycles. The third-order valence-corrected chi connectivity index (χ3v) is 4.17. The smallest absolute Gasteiger partial charge is 0.374 e. The van der Waals surface area contributed by atoms with Gasteiger partial charge in [0, 0.05) is 5.75 Å². The van der Waals surface area contributed by atoms with Crippen LogP contribution in [-0.2, 0) is 37.8 Å². The third-order valence-electron chi connectivity index (χ3n) is 3.63. The van der Waals surface area contributed by atoms with Crippen LogP contribution in [-0.4, -0.2) is 26.4 Å². The lowest BCUT2D eigenvalue weighted by Gasteiger charge is -2.22. The van der Waals surface area contributed by atoms with Crippen LogP contribution in [0.5, 0.6) is 0 Å².